The number of fused-ring (bicyclic) bond motifs is 1. The second-order valence-corrected chi connectivity index (χ2v) is 12.5. The lowest BCUT2D eigenvalue weighted by atomic mass is 10.1. The van der Waals surface area contributed by atoms with Gasteiger partial charge in [-0.05, 0) is 80.6 Å². The molecule has 6 rings (SSSR count). The van der Waals surface area contributed by atoms with Crippen LogP contribution in [0.4, 0.5) is 0 Å². The molecule has 3 heterocycles. The fraction of sp³-hybridized carbons (Fsp3) is 0.405. The van der Waals surface area contributed by atoms with E-state index in [4.69, 9.17) is 9.72 Å². The van der Waals surface area contributed by atoms with Crippen molar-refractivity contribution < 1.29 is 4.74 Å². The molecule has 0 spiro atoms. The Kier molecular flexibility index (Phi) is 10.2. The lowest BCUT2D eigenvalue weighted by Gasteiger charge is -2.34. The molecule has 0 radical (unpaired) electrons. The van der Waals surface area contributed by atoms with E-state index in [0.29, 0.717) is 11.8 Å². The second kappa shape index (κ2) is 14.8. The van der Waals surface area contributed by atoms with E-state index in [1.165, 1.54) is 12.7 Å². The molecule has 0 N–H and O–H groups in total. The van der Waals surface area contributed by atoms with Gasteiger partial charge in [-0.25, -0.2) is 9.67 Å². The minimum Gasteiger partial charge on any atom is -0.493 e. The molecule has 5 aromatic rings. The zero-order valence-electron chi connectivity index (χ0n) is 27.3. The summed E-state index contributed by atoms with van der Waals surface area (Å²) in [4.78, 5) is 22.6. The zero-order chi connectivity index (χ0) is 31.9. The quantitative estimate of drug-likeness (QED) is 0.177. The lowest BCUT2D eigenvalue weighted by molar-refractivity contribution is 0.128. The van der Waals surface area contributed by atoms with Crippen molar-refractivity contribution in [1.82, 2.24) is 34.3 Å². The van der Waals surface area contributed by atoms with Crippen molar-refractivity contribution in [2.75, 3.05) is 46.4 Å². The first-order valence-corrected chi connectivity index (χ1v) is 16.5. The van der Waals surface area contributed by atoms with Gasteiger partial charge in [0.2, 0.25) is 5.43 Å². The number of methoxy groups -OCH3 is 1. The highest BCUT2D eigenvalue weighted by molar-refractivity contribution is 5.83. The number of benzene rings is 2. The van der Waals surface area contributed by atoms with Crippen molar-refractivity contribution in [3.05, 3.63) is 106 Å². The maximum atomic E-state index is 12.3. The molecular weight excluding hydrogens is 574 g/mol. The molecule has 1 aliphatic rings. The standard InChI is InChI=1S/C37H45N7O2/c1-28(2)44-27-32(39-40-44)12-8-18-41-19-21-42(22-20-41)23-24-43-34-16-15-31(30-11-7-13-35(45)36(26-30)46-3)25-33(34)38-37(43)17-14-29-9-5-4-6-10-29/h4-7,9-11,13,15-16,25-28H,8,12,14,17-24H2,1-3H3. The number of nitrogens with zero attached hydrogens (tertiary/aromatic N) is 7. The second-order valence-electron chi connectivity index (χ2n) is 12.5. The third kappa shape index (κ3) is 7.71. The number of rotatable bonds is 13. The van der Waals surface area contributed by atoms with Crippen LogP contribution >= 0.6 is 0 Å². The molecule has 0 unspecified atom stereocenters. The van der Waals surface area contributed by atoms with Crippen molar-refractivity contribution in [2.24, 2.45) is 0 Å². The van der Waals surface area contributed by atoms with Gasteiger partial charge in [0.05, 0.1) is 23.8 Å². The van der Waals surface area contributed by atoms with Crippen molar-refractivity contribution in [2.45, 2.75) is 52.1 Å². The van der Waals surface area contributed by atoms with Crippen molar-refractivity contribution in [3.8, 4) is 16.9 Å². The van der Waals surface area contributed by atoms with E-state index in [2.05, 4.69) is 93.3 Å². The molecule has 0 amide bonds. The van der Waals surface area contributed by atoms with Gasteiger partial charge in [0, 0.05) is 57.9 Å². The van der Waals surface area contributed by atoms with Gasteiger partial charge in [0.25, 0.3) is 0 Å². The van der Waals surface area contributed by atoms with E-state index in [1.807, 2.05) is 16.8 Å². The smallest absolute Gasteiger partial charge is 0.220 e. The summed E-state index contributed by atoms with van der Waals surface area (Å²) in [5.74, 6) is 1.45. The zero-order valence-corrected chi connectivity index (χ0v) is 27.3. The summed E-state index contributed by atoms with van der Waals surface area (Å²) in [6.07, 6.45) is 5.99. The first-order valence-electron chi connectivity index (χ1n) is 16.5. The fourth-order valence-corrected chi connectivity index (χ4v) is 6.26. The van der Waals surface area contributed by atoms with Gasteiger partial charge >= 0.3 is 0 Å². The van der Waals surface area contributed by atoms with Crippen LogP contribution < -0.4 is 10.2 Å². The van der Waals surface area contributed by atoms with E-state index < -0.39 is 0 Å². The van der Waals surface area contributed by atoms with Crippen LogP contribution in [0.3, 0.4) is 0 Å². The Morgan fingerprint density at radius 1 is 0.804 bits per heavy atom. The van der Waals surface area contributed by atoms with Gasteiger partial charge in [-0.1, -0.05) is 53.7 Å². The van der Waals surface area contributed by atoms with E-state index in [0.717, 1.165) is 105 Å². The molecule has 1 aliphatic heterocycles. The van der Waals surface area contributed by atoms with Crippen LogP contribution in [0.1, 0.15) is 43.4 Å². The molecule has 240 valence electrons. The summed E-state index contributed by atoms with van der Waals surface area (Å²) in [7, 11) is 1.53. The summed E-state index contributed by atoms with van der Waals surface area (Å²) in [5.41, 5.74) is 6.35. The van der Waals surface area contributed by atoms with Crippen LogP contribution in [-0.2, 0) is 25.8 Å². The summed E-state index contributed by atoms with van der Waals surface area (Å²) in [6.45, 7) is 11.6. The highest BCUT2D eigenvalue weighted by Crippen LogP contribution is 2.27. The molecule has 0 aliphatic carbocycles. The molecule has 9 heteroatoms. The highest BCUT2D eigenvalue weighted by Gasteiger charge is 2.19. The maximum absolute atomic E-state index is 12.3. The molecule has 2 aromatic heterocycles. The van der Waals surface area contributed by atoms with Crippen LogP contribution in [0, 0.1) is 0 Å². The van der Waals surface area contributed by atoms with Crippen molar-refractivity contribution in [1.29, 1.82) is 0 Å². The maximum Gasteiger partial charge on any atom is 0.220 e. The van der Waals surface area contributed by atoms with E-state index in [-0.39, 0.29) is 5.43 Å². The van der Waals surface area contributed by atoms with Crippen LogP contribution in [0.2, 0.25) is 0 Å². The third-order valence-electron chi connectivity index (χ3n) is 9.01. The Bertz CT molecular complexity index is 1790. The molecule has 0 atom stereocenters. The Balaban J connectivity index is 1.12. The summed E-state index contributed by atoms with van der Waals surface area (Å²) in [5, 5.41) is 8.57. The van der Waals surface area contributed by atoms with Gasteiger partial charge in [-0.15, -0.1) is 5.10 Å². The Morgan fingerprint density at radius 3 is 2.30 bits per heavy atom. The van der Waals surface area contributed by atoms with Crippen LogP contribution in [0.5, 0.6) is 5.75 Å². The highest BCUT2D eigenvalue weighted by atomic mass is 16.5. The number of ether oxygens (including phenoxy) is 1. The molecule has 9 nitrogen and oxygen atoms in total. The minimum atomic E-state index is -0.129. The Morgan fingerprint density at radius 2 is 1.57 bits per heavy atom. The largest absolute Gasteiger partial charge is 0.493 e. The van der Waals surface area contributed by atoms with Gasteiger partial charge in [0.15, 0.2) is 5.75 Å². The van der Waals surface area contributed by atoms with Crippen molar-refractivity contribution >= 4 is 11.0 Å². The average Bonchev–Trinajstić information content (AvgIpc) is 3.64. The monoisotopic (exact) mass is 619 g/mol. The van der Waals surface area contributed by atoms with Crippen molar-refractivity contribution in [3.63, 3.8) is 0 Å². The predicted octanol–water partition coefficient (Wildman–Crippen LogP) is 5.28. The van der Waals surface area contributed by atoms with Gasteiger partial charge in [-0.2, -0.15) is 0 Å². The Hall–Kier alpha value is -4.34. The van der Waals surface area contributed by atoms with Gasteiger partial charge in [-0.3, -0.25) is 9.69 Å². The number of aryl methyl sites for hydroxylation is 3. The van der Waals surface area contributed by atoms with Gasteiger partial charge < -0.3 is 14.2 Å². The SMILES string of the molecule is COc1cc(-c2ccc3c(c2)nc(CCc2ccccc2)n3CCN2CCN(CCCc3cn(C(C)C)nn3)CC2)cccc1=O. The fourth-order valence-electron chi connectivity index (χ4n) is 6.26. The third-order valence-corrected chi connectivity index (χ3v) is 9.01. The number of hydrogen-bond acceptors (Lipinski definition) is 7. The van der Waals surface area contributed by atoms with Crippen LogP contribution in [-0.4, -0.2) is 80.7 Å². The van der Waals surface area contributed by atoms with E-state index in [1.54, 1.807) is 12.1 Å². The minimum absolute atomic E-state index is 0.129. The number of imidazole rings is 1. The normalized spacial score (nSPS) is 14.3. The molecule has 0 bridgehead atoms. The molecule has 1 saturated heterocycles. The number of piperazine rings is 1. The van der Waals surface area contributed by atoms with E-state index in [9.17, 15) is 4.79 Å². The number of aromatic nitrogens is 5. The van der Waals surface area contributed by atoms with Crippen LogP contribution in [0.25, 0.3) is 22.2 Å². The Labute approximate surface area is 271 Å². The van der Waals surface area contributed by atoms with Crippen LogP contribution in [0.15, 0.2) is 83.8 Å². The molecule has 1 fully saturated rings. The number of hydrogen-bond donors (Lipinski definition) is 0. The molecule has 3 aromatic carbocycles. The molecular formula is C37H45N7O2. The summed E-state index contributed by atoms with van der Waals surface area (Å²) < 4.78 is 9.70. The predicted molar refractivity (Wildman–Crippen MR) is 183 cm³/mol. The topological polar surface area (TPSA) is 81.3 Å². The lowest BCUT2D eigenvalue weighted by Crippen LogP contribution is -2.47. The first-order chi connectivity index (χ1) is 22.5. The van der Waals surface area contributed by atoms with E-state index >= 15 is 0 Å². The molecule has 46 heavy (non-hydrogen) atoms. The first kappa shape index (κ1) is 31.6. The average molecular weight is 620 g/mol. The summed E-state index contributed by atoms with van der Waals surface area (Å²) in [6, 6.07) is 24.5. The molecule has 0 saturated carbocycles. The summed E-state index contributed by atoms with van der Waals surface area (Å²) >= 11 is 0. The van der Waals surface area contributed by atoms with Gasteiger partial charge in [0.1, 0.15) is 5.82 Å².